The van der Waals surface area contributed by atoms with Gasteiger partial charge in [-0.15, -0.1) is 0 Å². The molecule has 0 radical (unpaired) electrons. The number of hydrogen-bond acceptors (Lipinski definition) is 4. The minimum Gasteiger partial charge on any atom is -0.335 e. The van der Waals surface area contributed by atoms with Crippen LogP contribution in [0, 0.1) is 0 Å². The first kappa shape index (κ1) is 20.0. The lowest BCUT2D eigenvalue weighted by Crippen LogP contribution is -2.48. The van der Waals surface area contributed by atoms with E-state index < -0.39 is 0 Å². The fraction of sp³-hybridized carbons (Fsp3) is 0.273. The Bertz CT molecular complexity index is 966. The molecule has 0 atom stereocenters. The number of thioether (sulfide) groups is 1. The van der Waals surface area contributed by atoms with Crippen molar-refractivity contribution in [2.75, 3.05) is 32.4 Å². The largest absolute Gasteiger partial charge is 0.335 e. The molecule has 0 unspecified atom stereocenters. The van der Waals surface area contributed by atoms with Gasteiger partial charge in [0.05, 0.1) is 6.20 Å². The minimum absolute atomic E-state index is 0.0350. The van der Waals surface area contributed by atoms with Crippen molar-refractivity contribution in [1.29, 1.82) is 0 Å². The van der Waals surface area contributed by atoms with Crippen molar-refractivity contribution in [2.24, 2.45) is 0 Å². The van der Waals surface area contributed by atoms with Crippen LogP contribution < -0.4 is 0 Å². The fourth-order valence-corrected chi connectivity index (χ4v) is 4.25. The molecule has 29 heavy (non-hydrogen) atoms. The highest BCUT2D eigenvalue weighted by Crippen LogP contribution is 2.23. The fourth-order valence-electron chi connectivity index (χ4n) is 3.58. The summed E-state index contributed by atoms with van der Waals surface area (Å²) in [6.07, 6.45) is 3.67. The molecule has 5 nitrogen and oxygen atoms in total. The van der Waals surface area contributed by atoms with Gasteiger partial charge in [-0.1, -0.05) is 53.7 Å². The number of carbonyl (C=O) groups excluding carboxylic acids is 1. The number of para-hydroxylation sites is 1. The average Bonchev–Trinajstić information content (AvgIpc) is 3.20. The maximum absolute atomic E-state index is 13.2. The summed E-state index contributed by atoms with van der Waals surface area (Å²) in [6, 6.07) is 17.9. The lowest BCUT2D eigenvalue weighted by molar-refractivity contribution is 0.0620. The Morgan fingerprint density at radius 3 is 2.38 bits per heavy atom. The maximum Gasteiger partial charge on any atom is 0.272 e. The minimum atomic E-state index is 0.0350. The van der Waals surface area contributed by atoms with Gasteiger partial charge in [-0.3, -0.25) is 14.3 Å². The lowest BCUT2D eigenvalue weighted by Gasteiger charge is -2.34. The van der Waals surface area contributed by atoms with E-state index in [-0.39, 0.29) is 5.91 Å². The smallest absolute Gasteiger partial charge is 0.272 e. The summed E-state index contributed by atoms with van der Waals surface area (Å²) >= 11 is 7.51. The van der Waals surface area contributed by atoms with Crippen LogP contribution in [0.2, 0.25) is 5.02 Å². The van der Waals surface area contributed by atoms with Crippen molar-refractivity contribution in [2.45, 2.75) is 11.7 Å². The topological polar surface area (TPSA) is 41.4 Å². The van der Waals surface area contributed by atoms with Gasteiger partial charge < -0.3 is 4.90 Å². The summed E-state index contributed by atoms with van der Waals surface area (Å²) < 4.78 is 1.95. The van der Waals surface area contributed by atoms with Gasteiger partial charge in [-0.2, -0.15) is 0 Å². The van der Waals surface area contributed by atoms with E-state index in [1.807, 2.05) is 58.2 Å². The van der Waals surface area contributed by atoms with Gasteiger partial charge in [0.1, 0.15) is 5.69 Å². The van der Waals surface area contributed by atoms with Crippen LogP contribution in [-0.2, 0) is 6.54 Å². The summed E-state index contributed by atoms with van der Waals surface area (Å²) in [6.45, 7) is 3.99. The Morgan fingerprint density at radius 1 is 1.03 bits per heavy atom. The zero-order chi connectivity index (χ0) is 20.2. The molecule has 1 amide bonds. The number of carbonyl (C=O) groups is 1. The molecule has 1 aromatic heterocycles. The van der Waals surface area contributed by atoms with Crippen molar-refractivity contribution in [1.82, 2.24) is 19.4 Å². The number of amides is 1. The van der Waals surface area contributed by atoms with Crippen LogP contribution in [0.3, 0.4) is 0 Å². The van der Waals surface area contributed by atoms with Crippen molar-refractivity contribution >= 4 is 29.3 Å². The summed E-state index contributed by atoms with van der Waals surface area (Å²) in [5.41, 5.74) is 2.81. The number of halogens is 1. The molecular weight excluding hydrogens is 404 g/mol. The number of imidazole rings is 1. The van der Waals surface area contributed by atoms with Gasteiger partial charge in [0, 0.05) is 43.4 Å². The molecule has 2 heterocycles. The third-order valence-electron chi connectivity index (χ3n) is 5.12. The van der Waals surface area contributed by atoms with Gasteiger partial charge in [-0.25, -0.2) is 4.98 Å². The van der Waals surface area contributed by atoms with E-state index in [2.05, 4.69) is 22.0 Å². The van der Waals surface area contributed by atoms with E-state index in [4.69, 9.17) is 11.6 Å². The summed E-state index contributed by atoms with van der Waals surface area (Å²) in [5.74, 6) is 0.0350. The van der Waals surface area contributed by atoms with Gasteiger partial charge in [0.15, 0.2) is 5.16 Å². The van der Waals surface area contributed by atoms with Crippen LogP contribution in [0.4, 0.5) is 0 Å². The molecule has 0 saturated carbocycles. The number of hydrogen-bond donors (Lipinski definition) is 0. The molecule has 2 aromatic carbocycles. The van der Waals surface area contributed by atoms with Gasteiger partial charge in [0.25, 0.3) is 5.91 Å². The molecule has 1 fully saturated rings. The first-order chi connectivity index (χ1) is 14.2. The van der Waals surface area contributed by atoms with Crippen LogP contribution in [0.25, 0.3) is 5.69 Å². The molecule has 0 bridgehead atoms. The number of aromatic nitrogens is 2. The maximum atomic E-state index is 13.2. The number of nitrogens with zero attached hydrogens (tertiary/aromatic N) is 4. The van der Waals surface area contributed by atoms with Crippen LogP contribution >= 0.6 is 23.4 Å². The van der Waals surface area contributed by atoms with Crippen molar-refractivity contribution in [3.05, 3.63) is 77.1 Å². The van der Waals surface area contributed by atoms with E-state index in [1.54, 1.807) is 18.0 Å². The van der Waals surface area contributed by atoms with E-state index in [9.17, 15) is 4.79 Å². The predicted molar refractivity (Wildman–Crippen MR) is 118 cm³/mol. The molecule has 0 N–H and O–H groups in total. The Balaban J connectivity index is 1.45. The normalized spacial score (nSPS) is 14.9. The van der Waals surface area contributed by atoms with Crippen LogP contribution in [-0.4, -0.2) is 57.7 Å². The summed E-state index contributed by atoms with van der Waals surface area (Å²) in [7, 11) is 0. The second-order valence-corrected chi connectivity index (χ2v) is 8.21. The molecule has 1 aliphatic heterocycles. The molecule has 1 saturated heterocycles. The zero-order valence-corrected chi connectivity index (χ0v) is 17.9. The highest BCUT2D eigenvalue weighted by Gasteiger charge is 2.26. The second-order valence-electron chi connectivity index (χ2n) is 7.00. The number of piperazine rings is 1. The second kappa shape index (κ2) is 9.03. The molecule has 0 spiro atoms. The van der Waals surface area contributed by atoms with Gasteiger partial charge in [-0.05, 0) is 36.1 Å². The number of benzene rings is 2. The quantitative estimate of drug-likeness (QED) is 0.573. The first-order valence-electron chi connectivity index (χ1n) is 9.59. The molecule has 1 aliphatic rings. The van der Waals surface area contributed by atoms with E-state index in [0.29, 0.717) is 18.8 Å². The summed E-state index contributed by atoms with van der Waals surface area (Å²) in [4.78, 5) is 22.0. The zero-order valence-electron chi connectivity index (χ0n) is 16.3. The Hall–Kier alpha value is -2.28. The number of rotatable bonds is 5. The van der Waals surface area contributed by atoms with E-state index in [0.717, 1.165) is 35.5 Å². The van der Waals surface area contributed by atoms with Crippen molar-refractivity contribution < 1.29 is 4.79 Å². The lowest BCUT2D eigenvalue weighted by atomic mass is 10.2. The van der Waals surface area contributed by atoms with Gasteiger partial charge in [0.2, 0.25) is 0 Å². The Labute approximate surface area is 180 Å². The SMILES string of the molecule is CSc1ncc(C(=O)N2CCN(Cc3ccc(Cl)cc3)CC2)n1-c1ccccc1. The standard InChI is InChI=1S/C22H23ClN4OS/c1-29-22-24-15-20(27(22)19-5-3-2-4-6-19)21(28)26-13-11-25(12-14-26)16-17-7-9-18(23)10-8-17/h2-10,15H,11-14,16H2,1H3. The van der Waals surface area contributed by atoms with E-state index in [1.165, 1.54) is 5.56 Å². The van der Waals surface area contributed by atoms with Crippen LogP contribution in [0.1, 0.15) is 16.1 Å². The molecule has 4 rings (SSSR count). The molecule has 0 aliphatic carbocycles. The van der Waals surface area contributed by atoms with Gasteiger partial charge >= 0.3 is 0 Å². The third kappa shape index (κ3) is 4.50. The van der Waals surface area contributed by atoms with Crippen molar-refractivity contribution in [3.8, 4) is 5.69 Å². The molecular formula is C22H23ClN4OS. The first-order valence-corrected chi connectivity index (χ1v) is 11.2. The molecule has 3 aromatic rings. The highest BCUT2D eigenvalue weighted by molar-refractivity contribution is 7.98. The Kier molecular flexibility index (Phi) is 6.23. The van der Waals surface area contributed by atoms with Crippen LogP contribution in [0.15, 0.2) is 66.0 Å². The molecule has 150 valence electrons. The van der Waals surface area contributed by atoms with E-state index >= 15 is 0 Å². The van der Waals surface area contributed by atoms with Crippen molar-refractivity contribution in [3.63, 3.8) is 0 Å². The third-order valence-corrected chi connectivity index (χ3v) is 6.03. The van der Waals surface area contributed by atoms with Crippen LogP contribution in [0.5, 0.6) is 0 Å². The highest BCUT2D eigenvalue weighted by atomic mass is 35.5. The summed E-state index contributed by atoms with van der Waals surface area (Å²) in [5, 5.41) is 1.57. The predicted octanol–water partition coefficient (Wildman–Crippen LogP) is 4.21. The monoisotopic (exact) mass is 426 g/mol. The average molecular weight is 427 g/mol. The molecule has 7 heteroatoms. The Morgan fingerprint density at radius 2 is 1.72 bits per heavy atom.